The van der Waals surface area contributed by atoms with E-state index in [9.17, 15) is 4.79 Å². The lowest BCUT2D eigenvalue weighted by Crippen LogP contribution is -2.06. The molecule has 0 atom stereocenters. The van der Waals surface area contributed by atoms with Crippen molar-refractivity contribution in [1.29, 1.82) is 0 Å². The van der Waals surface area contributed by atoms with Crippen molar-refractivity contribution in [2.45, 2.75) is 26.2 Å². The zero-order valence-corrected chi connectivity index (χ0v) is 7.26. The Hall–Kier alpha value is -0.570. The average Bonchev–Trinajstić information content (AvgIpc) is 2.04. The van der Waals surface area contributed by atoms with Gasteiger partial charge in [0, 0.05) is 6.61 Å². The summed E-state index contributed by atoms with van der Waals surface area (Å²) in [7, 11) is 1.38. The molecule has 0 fully saturated rings. The molecule has 0 saturated heterocycles. The van der Waals surface area contributed by atoms with Gasteiger partial charge in [0.05, 0.1) is 20.1 Å². The fraction of sp³-hybridized carbons (Fsp3) is 0.875. The largest absolute Gasteiger partial charge is 0.469 e. The Morgan fingerprint density at radius 3 is 2.64 bits per heavy atom. The van der Waals surface area contributed by atoms with Crippen LogP contribution < -0.4 is 0 Å². The first-order valence-electron chi connectivity index (χ1n) is 3.95. The Morgan fingerprint density at radius 2 is 2.09 bits per heavy atom. The molecule has 0 radical (unpaired) electrons. The molecule has 0 aromatic carbocycles. The molecule has 0 N–H and O–H groups in total. The Kier molecular flexibility index (Phi) is 7.15. The van der Waals surface area contributed by atoms with Crippen LogP contribution in [0.25, 0.3) is 0 Å². The third-order valence-electron chi connectivity index (χ3n) is 1.32. The SMILES string of the molecule is CCCCOCCC(=O)OC. The predicted octanol–water partition coefficient (Wildman–Crippen LogP) is 1.37. The zero-order chi connectivity index (χ0) is 8.53. The van der Waals surface area contributed by atoms with Crippen molar-refractivity contribution in [1.82, 2.24) is 0 Å². The molecule has 0 saturated carbocycles. The number of carbonyl (C=O) groups is 1. The second-order valence-corrected chi connectivity index (χ2v) is 2.29. The fourth-order valence-electron chi connectivity index (χ4n) is 0.606. The van der Waals surface area contributed by atoms with Gasteiger partial charge in [-0.1, -0.05) is 13.3 Å². The van der Waals surface area contributed by atoms with Crippen LogP contribution in [0.15, 0.2) is 0 Å². The minimum Gasteiger partial charge on any atom is -0.469 e. The number of ether oxygens (including phenoxy) is 2. The minimum absolute atomic E-state index is 0.207. The molecule has 0 aliphatic rings. The average molecular weight is 160 g/mol. The van der Waals surface area contributed by atoms with E-state index >= 15 is 0 Å². The summed E-state index contributed by atoms with van der Waals surface area (Å²) in [5.74, 6) is -0.207. The van der Waals surface area contributed by atoms with Gasteiger partial charge in [-0.3, -0.25) is 4.79 Å². The summed E-state index contributed by atoms with van der Waals surface area (Å²) in [6.07, 6.45) is 2.54. The summed E-state index contributed by atoms with van der Waals surface area (Å²) in [6.45, 7) is 3.32. The first-order valence-corrected chi connectivity index (χ1v) is 3.95. The van der Waals surface area contributed by atoms with Gasteiger partial charge >= 0.3 is 5.97 Å². The van der Waals surface area contributed by atoms with Crippen LogP contribution in [0, 0.1) is 0 Å². The molecular weight excluding hydrogens is 144 g/mol. The van der Waals surface area contributed by atoms with Crippen molar-refractivity contribution in [2.24, 2.45) is 0 Å². The molecule has 0 unspecified atom stereocenters. The van der Waals surface area contributed by atoms with Gasteiger partial charge in [0.25, 0.3) is 0 Å². The van der Waals surface area contributed by atoms with E-state index in [4.69, 9.17) is 4.74 Å². The molecule has 3 heteroatoms. The third-order valence-corrected chi connectivity index (χ3v) is 1.32. The summed E-state index contributed by atoms with van der Waals surface area (Å²) in [5.41, 5.74) is 0. The number of unbranched alkanes of at least 4 members (excludes halogenated alkanes) is 1. The van der Waals surface area contributed by atoms with Crippen molar-refractivity contribution in [3.63, 3.8) is 0 Å². The van der Waals surface area contributed by atoms with E-state index in [1.165, 1.54) is 7.11 Å². The van der Waals surface area contributed by atoms with E-state index in [0.717, 1.165) is 19.4 Å². The Morgan fingerprint density at radius 1 is 1.36 bits per heavy atom. The van der Waals surface area contributed by atoms with Crippen molar-refractivity contribution in [3.8, 4) is 0 Å². The lowest BCUT2D eigenvalue weighted by molar-refractivity contribution is -0.141. The van der Waals surface area contributed by atoms with Crippen molar-refractivity contribution >= 4 is 5.97 Å². The molecule has 0 bridgehead atoms. The molecule has 0 aromatic rings. The van der Waals surface area contributed by atoms with Crippen LogP contribution in [0.3, 0.4) is 0 Å². The normalized spacial score (nSPS) is 9.64. The number of hydrogen-bond acceptors (Lipinski definition) is 3. The number of methoxy groups -OCH3 is 1. The van der Waals surface area contributed by atoms with Gasteiger partial charge in [-0.25, -0.2) is 0 Å². The van der Waals surface area contributed by atoms with Gasteiger partial charge in [0.2, 0.25) is 0 Å². The van der Waals surface area contributed by atoms with Crippen molar-refractivity contribution in [2.75, 3.05) is 20.3 Å². The Bertz CT molecular complexity index is 102. The van der Waals surface area contributed by atoms with Gasteiger partial charge in [-0.15, -0.1) is 0 Å². The van der Waals surface area contributed by atoms with Crippen LogP contribution in [-0.4, -0.2) is 26.3 Å². The molecule has 0 spiro atoms. The molecular formula is C8H16O3. The van der Waals surface area contributed by atoms with Crippen LogP contribution in [-0.2, 0) is 14.3 Å². The third kappa shape index (κ3) is 7.33. The van der Waals surface area contributed by atoms with Gasteiger partial charge in [-0.05, 0) is 6.42 Å². The lowest BCUT2D eigenvalue weighted by atomic mass is 10.4. The van der Waals surface area contributed by atoms with Crippen LogP contribution >= 0.6 is 0 Å². The minimum atomic E-state index is -0.207. The number of hydrogen-bond donors (Lipinski definition) is 0. The maximum atomic E-state index is 10.5. The fourth-order valence-corrected chi connectivity index (χ4v) is 0.606. The van der Waals surface area contributed by atoms with Crippen LogP contribution in [0.4, 0.5) is 0 Å². The van der Waals surface area contributed by atoms with Crippen molar-refractivity contribution in [3.05, 3.63) is 0 Å². The quantitative estimate of drug-likeness (QED) is 0.435. The zero-order valence-electron chi connectivity index (χ0n) is 7.26. The molecule has 0 aromatic heterocycles. The Labute approximate surface area is 67.7 Å². The van der Waals surface area contributed by atoms with Gasteiger partial charge in [0.1, 0.15) is 0 Å². The van der Waals surface area contributed by atoms with E-state index in [1.807, 2.05) is 0 Å². The number of esters is 1. The molecule has 11 heavy (non-hydrogen) atoms. The standard InChI is InChI=1S/C8H16O3/c1-3-4-6-11-7-5-8(9)10-2/h3-7H2,1-2H3. The van der Waals surface area contributed by atoms with Gasteiger partial charge < -0.3 is 9.47 Å². The maximum Gasteiger partial charge on any atom is 0.307 e. The van der Waals surface area contributed by atoms with Crippen molar-refractivity contribution < 1.29 is 14.3 Å². The summed E-state index contributed by atoms with van der Waals surface area (Å²) in [6, 6.07) is 0. The number of carbonyl (C=O) groups excluding carboxylic acids is 1. The summed E-state index contributed by atoms with van der Waals surface area (Å²) in [5, 5.41) is 0. The maximum absolute atomic E-state index is 10.5. The van der Waals surface area contributed by atoms with E-state index < -0.39 is 0 Å². The molecule has 3 nitrogen and oxygen atoms in total. The molecule has 0 heterocycles. The molecule has 66 valence electrons. The van der Waals surface area contributed by atoms with Crippen LogP contribution in [0.2, 0.25) is 0 Å². The van der Waals surface area contributed by atoms with Crippen LogP contribution in [0.1, 0.15) is 26.2 Å². The first kappa shape index (κ1) is 10.4. The van der Waals surface area contributed by atoms with E-state index in [0.29, 0.717) is 13.0 Å². The molecule has 0 amide bonds. The topological polar surface area (TPSA) is 35.5 Å². The molecule has 0 aliphatic heterocycles. The smallest absolute Gasteiger partial charge is 0.307 e. The summed E-state index contributed by atoms with van der Waals surface area (Å²) < 4.78 is 9.58. The molecule has 0 rings (SSSR count). The molecule has 0 aliphatic carbocycles. The highest BCUT2D eigenvalue weighted by atomic mass is 16.5. The predicted molar refractivity (Wildman–Crippen MR) is 42.4 cm³/mol. The highest BCUT2D eigenvalue weighted by Gasteiger charge is 1.97. The Balaban J connectivity index is 2.95. The van der Waals surface area contributed by atoms with Gasteiger partial charge in [0.15, 0.2) is 0 Å². The summed E-state index contributed by atoms with van der Waals surface area (Å²) >= 11 is 0. The second kappa shape index (κ2) is 7.54. The van der Waals surface area contributed by atoms with Crippen LogP contribution in [0.5, 0.6) is 0 Å². The van der Waals surface area contributed by atoms with E-state index in [-0.39, 0.29) is 5.97 Å². The first-order chi connectivity index (χ1) is 5.31. The lowest BCUT2D eigenvalue weighted by Gasteiger charge is -2.00. The highest BCUT2D eigenvalue weighted by Crippen LogP contribution is 1.90. The van der Waals surface area contributed by atoms with Gasteiger partial charge in [-0.2, -0.15) is 0 Å². The van der Waals surface area contributed by atoms with E-state index in [1.54, 1.807) is 0 Å². The van der Waals surface area contributed by atoms with E-state index in [2.05, 4.69) is 11.7 Å². The monoisotopic (exact) mass is 160 g/mol. The second-order valence-electron chi connectivity index (χ2n) is 2.29. The number of rotatable bonds is 6. The summed E-state index contributed by atoms with van der Waals surface area (Å²) in [4.78, 5) is 10.5. The highest BCUT2D eigenvalue weighted by molar-refractivity contribution is 5.69.